The molecule has 1 rings (SSSR count). The Morgan fingerprint density at radius 3 is 2.22 bits per heavy atom. The van der Waals surface area contributed by atoms with Gasteiger partial charge in [0, 0.05) is 17.7 Å². The number of primary amides is 1. The second kappa shape index (κ2) is 6.39. The van der Waals surface area contributed by atoms with E-state index in [0.29, 0.717) is 11.1 Å². The largest absolute Gasteiger partial charge is 0.469 e. The van der Waals surface area contributed by atoms with Crippen LogP contribution in [-0.4, -0.2) is 31.4 Å². The predicted molar refractivity (Wildman–Crippen MR) is 63.9 cm³/mol. The highest BCUT2D eigenvalue weighted by atomic mass is 16.5. The predicted octanol–water partition coefficient (Wildman–Crippen LogP) is 0.0784. The lowest BCUT2D eigenvalue weighted by molar-refractivity contribution is -0.140. The van der Waals surface area contributed by atoms with Crippen LogP contribution in [0.15, 0.2) is 24.3 Å². The number of nitrogens with two attached hydrogens (primary N) is 1. The van der Waals surface area contributed by atoms with Crippen molar-refractivity contribution >= 4 is 17.8 Å². The second-order valence-corrected chi connectivity index (χ2v) is 3.52. The van der Waals surface area contributed by atoms with Crippen molar-refractivity contribution in [3.63, 3.8) is 0 Å². The number of benzene rings is 1. The third-order valence-electron chi connectivity index (χ3n) is 2.27. The van der Waals surface area contributed by atoms with E-state index in [4.69, 9.17) is 5.73 Å². The number of ether oxygens (including phenoxy) is 1. The number of rotatable bonds is 5. The number of esters is 1. The summed E-state index contributed by atoms with van der Waals surface area (Å²) in [7, 11) is 1.28. The molecule has 96 valence electrons. The van der Waals surface area contributed by atoms with Crippen molar-refractivity contribution in [2.75, 3.05) is 13.7 Å². The van der Waals surface area contributed by atoms with Gasteiger partial charge in [0.05, 0.1) is 13.5 Å². The summed E-state index contributed by atoms with van der Waals surface area (Å²) >= 11 is 0. The molecule has 1 aromatic carbocycles. The van der Waals surface area contributed by atoms with E-state index in [1.165, 1.54) is 31.4 Å². The van der Waals surface area contributed by atoms with E-state index in [2.05, 4.69) is 10.1 Å². The SMILES string of the molecule is COC(=O)CCNC(=O)c1ccc(C(N)=O)cc1. The summed E-state index contributed by atoms with van der Waals surface area (Å²) < 4.78 is 4.44. The Morgan fingerprint density at radius 1 is 1.17 bits per heavy atom. The quantitative estimate of drug-likeness (QED) is 0.723. The standard InChI is InChI=1S/C12H14N2O4/c1-18-10(15)6-7-14-12(17)9-4-2-8(3-5-9)11(13)16/h2-5H,6-7H2,1H3,(H2,13,16)(H,14,17). The average Bonchev–Trinajstić information content (AvgIpc) is 2.38. The Bertz CT molecular complexity index is 454. The number of hydrogen-bond donors (Lipinski definition) is 2. The fourth-order valence-corrected chi connectivity index (χ4v) is 1.27. The molecule has 3 N–H and O–H groups in total. The van der Waals surface area contributed by atoms with E-state index >= 15 is 0 Å². The fraction of sp³-hybridized carbons (Fsp3) is 0.250. The van der Waals surface area contributed by atoms with Crippen LogP contribution in [0.5, 0.6) is 0 Å². The van der Waals surface area contributed by atoms with Crippen molar-refractivity contribution in [1.82, 2.24) is 5.32 Å². The molecule has 6 heteroatoms. The first-order valence-electron chi connectivity index (χ1n) is 5.29. The monoisotopic (exact) mass is 250 g/mol. The summed E-state index contributed by atoms with van der Waals surface area (Å²) in [5.41, 5.74) is 5.81. The van der Waals surface area contributed by atoms with Gasteiger partial charge in [-0.15, -0.1) is 0 Å². The number of carbonyl (C=O) groups is 3. The number of methoxy groups -OCH3 is 1. The van der Waals surface area contributed by atoms with Gasteiger partial charge in [0.15, 0.2) is 0 Å². The fourth-order valence-electron chi connectivity index (χ4n) is 1.27. The van der Waals surface area contributed by atoms with Crippen LogP contribution in [0.25, 0.3) is 0 Å². The summed E-state index contributed by atoms with van der Waals surface area (Å²) in [6, 6.07) is 5.93. The minimum absolute atomic E-state index is 0.113. The molecule has 0 aromatic heterocycles. The molecule has 0 aliphatic carbocycles. The van der Waals surface area contributed by atoms with Gasteiger partial charge in [0.25, 0.3) is 5.91 Å². The zero-order valence-electron chi connectivity index (χ0n) is 9.93. The van der Waals surface area contributed by atoms with Gasteiger partial charge in [-0.3, -0.25) is 14.4 Å². The van der Waals surface area contributed by atoms with Crippen LogP contribution in [0.1, 0.15) is 27.1 Å². The normalized spacial score (nSPS) is 9.61. The third kappa shape index (κ3) is 3.89. The molecule has 18 heavy (non-hydrogen) atoms. The van der Waals surface area contributed by atoms with Crippen molar-refractivity contribution < 1.29 is 19.1 Å². The van der Waals surface area contributed by atoms with Crippen molar-refractivity contribution in [2.45, 2.75) is 6.42 Å². The second-order valence-electron chi connectivity index (χ2n) is 3.52. The average molecular weight is 250 g/mol. The van der Waals surface area contributed by atoms with Gasteiger partial charge in [-0.25, -0.2) is 0 Å². The smallest absolute Gasteiger partial charge is 0.307 e. The summed E-state index contributed by atoms with van der Waals surface area (Å²) in [4.78, 5) is 33.3. The highest BCUT2D eigenvalue weighted by Gasteiger charge is 2.07. The van der Waals surface area contributed by atoms with E-state index < -0.39 is 5.91 Å². The van der Waals surface area contributed by atoms with Gasteiger partial charge in [0.1, 0.15) is 0 Å². The molecule has 0 aliphatic heterocycles. The number of nitrogens with one attached hydrogen (secondary N) is 1. The molecule has 0 unspecified atom stereocenters. The minimum atomic E-state index is -0.548. The van der Waals surface area contributed by atoms with E-state index in [9.17, 15) is 14.4 Å². The molecule has 0 bridgehead atoms. The molecule has 0 saturated carbocycles. The molecular formula is C12H14N2O4. The minimum Gasteiger partial charge on any atom is -0.469 e. The van der Waals surface area contributed by atoms with Gasteiger partial charge >= 0.3 is 5.97 Å². The number of amides is 2. The summed E-state index contributed by atoms with van der Waals surface area (Å²) in [5.74, 6) is -1.26. The van der Waals surface area contributed by atoms with Crippen LogP contribution < -0.4 is 11.1 Å². The Kier molecular flexibility index (Phi) is 4.86. The summed E-state index contributed by atoms with van der Waals surface area (Å²) in [6.07, 6.45) is 0.113. The van der Waals surface area contributed by atoms with Crippen LogP contribution in [0.4, 0.5) is 0 Å². The lowest BCUT2D eigenvalue weighted by Crippen LogP contribution is -2.26. The Labute approximate surface area is 104 Å². The molecule has 0 saturated heterocycles. The van der Waals surface area contributed by atoms with Gasteiger partial charge < -0.3 is 15.8 Å². The maximum absolute atomic E-state index is 11.6. The van der Waals surface area contributed by atoms with Crippen molar-refractivity contribution in [3.8, 4) is 0 Å². The molecule has 1 aromatic rings. The zero-order valence-corrected chi connectivity index (χ0v) is 9.93. The molecule has 0 radical (unpaired) electrons. The van der Waals surface area contributed by atoms with Crippen LogP contribution >= 0.6 is 0 Å². The van der Waals surface area contributed by atoms with Crippen molar-refractivity contribution in [3.05, 3.63) is 35.4 Å². The number of carbonyl (C=O) groups excluding carboxylic acids is 3. The molecule has 0 aliphatic rings. The zero-order chi connectivity index (χ0) is 13.5. The first kappa shape index (κ1) is 13.7. The molecular weight excluding hydrogens is 236 g/mol. The maximum Gasteiger partial charge on any atom is 0.307 e. The van der Waals surface area contributed by atoms with Crippen LogP contribution in [-0.2, 0) is 9.53 Å². The van der Waals surface area contributed by atoms with E-state index in [1.54, 1.807) is 0 Å². The van der Waals surface area contributed by atoms with Crippen molar-refractivity contribution in [2.24, 2.45) is 5.73 Å². The Balaban J connectivity index is 2.51. The summed E-state index contributed by atoms with van der Waals surface area (Å²) in [5, 5.41) is 2.56. The summed E-state index contributed by atoms with van der Waals surface area (Å²) in [6.45, 7) is 0.197. The lowest BCUT2D eigenvalue weighted by atomic mass is 10.1. The first-order valence-corrected chi connectivity index (χ1v) is 5.29. The van der Waals surface area contributed by atoms with Gasteiger partial charge in [-0.1, -0.05) is 0 Å². The molecule has 2 amide bonds. The van der Waals surface area contributed by atoms with Gasteiger partial charge in [-0.05, 0) is 24.3 Å². The van der Waals surface area contributed by atoms with E-state index in [1.807, 2.05) is 0 Å². The molecule has 0 spiro atoms. The number of hydrogen-bond acceptors (Lipinski definition) is 4. The highest BCUT2D eigenvalue weighted by molar-refractivity contribution is 5.97. The first-order chi connectivity index (χ1) is 8.54. The van der Waals surface area contributed by atoms with Gasteiger partial charge in [-0.2, -0.15) is 0 Å². The topological polar surface area (TPSA) is 98.5 Å². The molecule has 0 fully saturated rings. The lowest BCUT2D eigenvalue weighted by Gasteiger charge is -2.04. The van der Waals surface area contributed by atoms with E-state index in [0.717, 1.165) is 0 Å². The van der Waals surface area contributed by atoms with Crippen LogP contribution in [0, 0.1) is 0 Å². The molecule has 0 atom stereocenters. The Morgan fingerprint density at radius 2 is 1.72 bits per heavy atom. The maximum atomic E-state index is 11.6. The Hall–Kier alpha value is -2.37. The van der Waals surface area contributed by atoms with Crippen LogP contribution in [0.3, 0.4) is 0 Å². The molecule has 6 nitrogen and oxygen atoms in total. The van der Waals surface area contributed by atoms with Crippen molar-refractivity contribution in [1.29, 1.82) is 0 Å². The van der Waals surface area contributed by atoms with E-state index in [-0.39, 0.29) is 24.8 Å². The van der Waals surface area contributed by atoms with Gasteiger partial charge in [0.2, 0.25) is 5.91 Å². The van der Waals surface area contributed by atoms with Crippen LogP contribution in [0.2, 0.25) is 0 Å². The third-order valence-corrected chi connectivity index (χ3v) is 2.27. The highest BCUT2D eigenvalue weighted by Crippen LogP contribution is 2.03. The molecule has 0 heterocycles.